The van der Waals surface area contributed by atoms with E-state index in [1.165, 1.54) is 18.3 Å². The van der Waals surface area contributed by atoms with Crippen molar-refractivity contribution in [3.63, 3.8) is 0 Å². The number of carbonyl (C=O) groups is 1. The number of methoxy groups -OCH3 is 2. The number of nitrogens with one attached hydrogen (secondary N) is 2. The van der Waals surface area contributed by atoms with Crippen LogP contribution < -0.4 is 20.1 Å². The van der Waals surface area contributed by atoms with E-state index in [1.807, 2.05) is 0 Å². The molecule has 0 unspecified atom stereocenters. The molecule has 144 valence electrons. The van der Waals surface area contributed by atoms with E-state index in [-0.39, 0.29) is 11.4 Å². The van der Waals surface area contributed by atoms with Crippen LogP contribution in [0.25, 0.3) is 0 Å². The topological polar surface area (TPSA) is 72.5 Å². The summed E-state index contributed by atoms with van der Waals surface area (Å²) in [6.07, 6.45) is 1.48. The van der Waals surface area contributed by atoms with Crippen molar-refractivity contribution in [2.75, 3.05) is 24.9 Å². The van der Waals surface area contributed by atoms with E-state index in [0.717, 1.165) is 12.1 Å². The van der Waals surface area contributed by atoms with Crippen LogP contribution in [0.3, 0.4) is 0 Å². The molecule has 0 radical (unpaired) electrons. The maximum atomic E-state index is 13.2. The zero-order valence-electron chi connectivity index (χ0n) is 15.1. The molecule has 0 atom stereocenters. The van der Waals surface area contributed by atoms with Crippen molar-refractivity contribution in [2.24, 2.45) is 0 Å². The smallest absolute Gasteiger partial charge is 0.274 e. The zero-order valence-corrected chi connectivity index (χ0v) is 15.1. The van der Waals surface area contributed by atoms with E-state index in [9.17, 15) is 13.6 Å². The maximum absolute atomic E-state index is 13.2. The number of aromatic nitrogens is 1. The molecule has 3 aromatic rings. The predicted molar refractivity (Wildman–Crippen MR) is 101 cm³/mol. The average Bonchev–Trinajstić information content (AvgIpc) is 2.71. The van der Waals surface area contributed by atoms with E-state index in [1.54, 1.807) is 38.5 Å². The first-order valence-corrected chi connectivity index (χ1v) is 8.21. The largest absolute Gasteiger partial charge is 0.497 e. The van der Waals surface area contributed by atoms with Crippen LogP contribution in [0.1, 0.15) is 10.5 Å². The molecule has 1 heterocycles. The van der Waals surface area contributed by atoms with Crippen molar-refractivity contribution in [3.05, 3.63) is 72.1 Å². The number of ether oxygens (including phenoxy) is 2. The third kappa shape index (κ3) is 4.35. The van der Waals surface area contributed by atoms with Crippen LogP contribution in [0, 0.1) is 11.6 Å². The summed E-state index contributed by atoms with van der Waals surface area (Å²) in [4.78, 5) is 16.3. The number of rotatable bonds is 6. The number of halogens is 2. The van der Waals surface area contributed by atoms with Crippen LogP contribution in [0.15, 0.2) is 54.7 Å². The molecule has 0 aliphatic heterocycles. The fourth-order valence-corrected chi connectivity index (χ4v) is 2.43. The second-order valence-electron chi connectivity index (χ2n) is 5.71. The molecule has 0 spiro atoms. The minimum absolute atomic E-state index is 0.122. The summed E-state index contributed by atoms with van der Waals surface area (Å²) in [7, 11) is 3.11. The number of amides is 1. The number of pyridine rings is 1. The van der Waals surface area contributed by atoms with Gasteiger partial charge >= 0.3 is 0 Å². The highest BCUT2D eigenvalue weighted by Crippen LogP contribution is 2.31. The number of nitrogens with zero attached hydrogens (tertiary/aromatic N) is 1. The van der Waals surface area contributed by atoms with Crippen LogP contribution in [0.4, 0.5) is 25.8 Å². The fraction of sp³-hybridized carbons (Fsp3) is 0.100. The van der Waals surface area contributed by atoms with Gasteiger partial charge in [0.15, 0.2) is 11.6 Å². The lowest BCUT2D eigenvalue weighted by Crippen LogP contribution is -2.13. The van der Waals surface area contributed by atoms with Crippen LogP contribution in [-0.4, -0.2) is 25.1 Å². The van der Waals surface area contributed by atoms with Crippen LogP contribution in [-0.2, 0) is 0 Å². The minimum Gasteiger partial charge on any atom is -0.497 e. The highest BCUT2D eigenvalue weighted by atomic mass is 19.2. The first-order valence-electron chi connectivity index (χ1n) is 8.21. The summed E-state index contributed by atoms with van der Waals surface area (Å²) in [5.41, 5.74) is 1.59. The third-order valence-electron chi connectivity index (χ3n) is 3.86. The standard InChI is InChI=1S/C20H17F2N3O3/c1-27-14-5-8-17(19(10-14)28-2)24-13-4-7-18(23-11-13)20(26)25-12-3-6-15(21)16(22)9-12/h3-11,24H,1-2H3,(H,25,26). The highest BCUT2D eigenvalue weighted by Gasteiger charge is 2.11. The van der Waals surface area contributed by atoms with Crippen molar-refractivity contribution >= 4 is 23.0 Å². The van der Waals surface area contributed by atoms with Gasteiger partial charge < -0.3 is 20.1 Å². The van der Waals surface area contributed by atoms with Crippen LogP contribution in [0.2, 0.25) is 0 Å². The lowest BCUT2D eigenvalue weighted by molar-refractivity contribution is 0.102. The summed E-state index contributed by atoms with van der Waals surface area (Å²) in [6.45, 7) is 0. The monoisotopic (exact) mass is 385 g/mol. The van der Waals surface area contributed by atoms with Gasteiger partial charge in [0.1, 0.15) is 17.2 Å². The van der Waals surface area contributed by atoms with Gasteiger partial charge in [-0.1, -0.05) is 0 Å². The fourth-order valence-electron chi connectivity index (χ4n) is 2.43. The summed E-state index contributed by atoms with van der Waals surface area (Å²) >= 11 is 0. The molecule has 0 aliphatic rings. The molecule has 28 heavy (non-hydrogen) atoms. The molecule has 1 aromatic heterocycles. The van der Waals surface area contributed by atoms with Crippen molar-refractivity contribution < 1.29 is 23.0 Å². The van der Waals surface area contributed by atoms with Gasteiger partial charge in [-0.2, -0.15) is 0 Å². The van der Waals surface area contributed by atoms with Crippen LogP contribution >= 0.6 is 0 Å². The van der Waals surface area contributed by atoms with Gasteiger partial charge in [0.2, 0.25) is 0 Å². The normalized spacial score (nSPS) is 10.3. The van der Waals surface area contributed by atoms with Gasteiger partial charge in [-0.15, -0.1) is 0 Å². The Kier molecular flexibility index (Phi) is 5.69. The second-order valence-corrected chi connectivity index (χ2v) is 5.71. The quantitative estimate of drug-likeness (QED) is 0.659. The van der Waals surface area contributed by atoms with Gasteiger partial charge in [0.05, 0.1) is 31.8 Å². The average molecular weight is 385 g/mol. The molecule has 0 saturated carbocycles. The van der Waals surface area contributed by atoms with E-state index >= 15 is 0 Å². The third-order valence-corrected chi connectivity index (χ3v) is 3.86. The molecule has 0 fully saturated rings. The van der Waals surface area contributed by atoms with Crippen molar-refractivity contribution in [1.29, 1.82) is 0 Å². The number of hydrogen-bond acceptors (Lipinski definition) is 5. The SMILES string of the molecule is COc1ccc(Nc2ccc(C(=O)Nc3ccc(F)c(F)c3)nc2)c(OC)c1. The van der Waals surface area contributed by atoms with Gasteiger partial charge in [-0.3, -0.25) is 4.79 Å². The first-order chi connectivity index (χ1) is 13.5. The van der Waals surface area contributed by atoms with Gasteiger partial charge in [0.25, 0.3) is 5.91 Å². The number of carbonyl (C=O) groups excluding carboxylic acids is 1. The number of benzene rings is 2. The molecule has 0 saturated heterocycles. The summed E-state index contributed by atoms with van der Waals surface area (Å²) in [5.74, 6) is -1.33. The van der Waals surface area contributed by atoms with E-state index in [4.69, 9.17) is 9.47 Å². The lowest BCUT2D eigenvalue weighted by atomic mass is 10.2. The molecule has 6 nitrogen and oxygen atoms in total. The predicted octanol–water partition coefficient (Wildman–Crippen LogP) is 4.37. The van der Waals surface area contributed by atoms with Gasteiger partial charge in [-0.05, 0) is 36.4 Å². The van der Waals surface area contributed by atoms with E-state index in [2.05, 4.69) is 15.6 Å². The Hall–Kier alpha value is -3.68. The number of hydrogen-bond donors (Lipinski definition) is 2. The highest BCUT2D eigenvalue weighted by molar-refractivity contribution is 6.02. The molecule has 3 rings (SSSR count). The first kappa shape index (κ1) is 19.1. The molecule has 8 heteroatoms. The second kappa shape index (κ2) is 8.34. The Morgan fingerprint density at radius 2 is 1.71 bits per heavy atom. The summed E-state index contributed by atoms with van der Waals surface area (Å²) in [5, 5.41) is 5.60. The Labute approximate surface area is 160 Å². The lowest BCUT2D eigenvalue weighted by Gasteiger charge is -2.12. The summed E-state index contributed by atoms with van der Waals surface area (Å²) in [6, 6.07) is 11.6. The molecule has 2 aromatic carbocycles. The summed E-state index contributed by atoms with van der Waals surface area (Å²) < 4.78 is 36.7. The van der Waals surface area contributed by atoms with Crippen molar-refractivity contribution in [2.45, 2.75) is 0 Å². The number of anilines is 3. The van der Waals surface area contributed by atoms with E-state index < -0.39 is 17.5 Å². The molecule has 1 amide bonds. The molecular weight excluding hydrogens is 368 g/mol. The Bertz CT molecular complexity index is 994. The molecular formula is C20H17F2N3O3. The Morgan fingerprint density at radius 3 is 2.36 bits per heavy atom. The van der Waals surface area contributed by atoms with Gasteiger partial charge in [-0.25, -0.2) is 13.8 Å². The van der Waals surface area contributed by atoms with Crippen LogP contribution in [0.5, 0.6) is 11.5 Å². The van der Waals surface area contributed by atoms with E-state index in [0.29, 0.717) is 22.9 Å². The molecule has 0 bridgehead atoms. The Morgan fingerprint density at radius 1 is 0.929 bits per heavy atom. The molecule has 2 N–H and O–H groups in total. The maximum Gasteiger partial charge on any atom is 0.274 e. The van der Waals surface area contributed by atoms with Crippen molar-refractivity contribution in [1.82, 2.24) is 4.98 Å². The minimum atomic E-state index is -1.04. The van der Waals surface area contributed by atoms with Crippen molar-refractivity contribution in [3.8, 4) is 11.5 Å². The zero-order chi connectivity index (χ0) is 20.1. The molecule has 0 aliphatic carbocycles. The van der Waals surface area contributed by atoms with Gasteiger partial charge in [0, 0.05) is 17.8 Å². The Balaban J connectivity index is 1.71.